The van der Waals surface area contributed by atoms with Gasteiger partial charge in [0.25, 0.3) is 5.91 Å². The lowest BCUT2D eigenvalue weighted by Crippen LogP contribution is -2.47. The molecule has 0 spiro atoms. The molecule has 2 heterocycles. The zero-order chi connectivity index (χ0) is 14.0. The Hall–Kier alpha value is -0.360. The number of nitrogens with one attached hydrogen (secondary N) is 1. The van der Waals surface area contributed by atoms with E-state index in [4.69, 9.17) is 0 Å². The molecule has 7 heteroatoms. The highest BCUT2D eigenvalue weighted by Crippen LogP contribution is 2.28. The summed E-state index contributed by atoms with van der Waals surface area (Å²) in [5.74, 6) is 0.146. The molecule has 0 saturated carbocycles. The number of amides is 1. The number of nitrogens with zero attached hydrogens (tertiary/aromatic N) is 2. The molecule has 0 aliphatic carbocycles. The van der Waals surface area contributed by atoms with Gasteiger partial charge < -0.3 is 10.2 Å². The lowest BCUT2D eigenvalue weighted by atomic mass is 9.91. The molecule has 1 N–H and O–H groups in total. The lowest BCUT2D eigenvalue weighted by molar-refractivity contribution is 0.0700. The van der Waals surface area contributed by atoms with E-state index in [1.807, 2.05) is 11.9 Å². The van der Waals surface area contributed by atoms with Crippen molar-refractivity contribution in [3.8, 4) is 0 Å². The van der Waals surface area contributed by atoms with Crippen molar-refractivity contribution in [3.63, 3.8) is 0 Å². The third kappa shape index (κ3) is 4.81. The molecule has 1 fully saturated rings. The first-order valence-corrected chi connectivity index (χ1v) is 7.72. The fraction of sp³-hybridized carbons (Fsp3) is 0.714. The average molecular weight is 354 g/mol. The molecule has 4 nitrogen and oxygen atoms in total. The third-order valence-electron chi connectivity index (χ3n) is 3.59. The van der Waals surface area contributed by atoms with Crippen LogP contribution in [0, 0.1) is 0 Å². The molecule has 1 aliphatic rings. The first-order valence-electron chi connectivity index (χ1n) is 6.84. The summed E-state index contributed by atoms with van der Waals surface area (Å²) in [6.07, 6.45) is 2.22. The Morgan fingerprint density at radius 3 is 2.67 bits per heavy atom. The summed E-state index contributed by atoms with van der Waals surface area (Å²) in [4.78, 5) is 19.8. The molecule has 21 heavy (non-hydrogen) atoms. The number of thiazole rings is 1. The summed E-state index contributed by atoms with van der Waals surface area (Å²) in [6.45, 7) is 7.97. The maximum absolute atomic E-state index is 12.7. The van der Waals surface area contributed by atoms with E-state index in [0.29, 0.717) is 6.04 Å². The Kier molecular flexibility index (Phi) is 8.18. The minimum absolute atomic E-state index is 0. The quantitative estimate of drug-likeness (QED) is 0.888. The van der Waals surface area contributed by atoms with E-state index in [1.54, 1.807) is 5.51 Å². The van der Waals surface area contributed by atoms with Crippen molar-refractivity contribution in [2.75, 3.05) is 20.1 Å². The summed E-state index contributed by atoms with van der Waals surface area (Å²) in [7, 11) is 1.96. The molecule has 1 aromatic rings. The molecule has 1 aliphatic heterocycles. The van der Waals surface area contributed by atoms with Crippen LogP contribution in [0.3, 0.4) is 0 Å². The Morgan fingerprint density at radius 2 is 2.10 bits per heavy atom. The van der Waals surface area contributed by atoms with E-state index in [2.05, 4.69) is 31.1 Å². The molecule has 1 unspecified atom stereocenters. The van der Waals surface area contributed by atoms with Gasteiger partial charge in [-0.1, -0.05) is 20.8 Å². The largest absolute Gasteiger partial charge is 0.336 e. The minimum atomic E-state index is -0.0802. The van der Waals surface area contributed by atoms with Gasteiger partial charge in [-0.25, -0.2) is 4.98 Å². The van der Waals surface area contributed by atoms with Crippen LogP contribution in [0.15, 0.2) is 5.51 Å². The number of halogens is 2. The van der Waals surface area contributed by atoms with Gasteiger partial charge in [0.2, 0.25) is 0 Å². The molecule has 1 atom stereocenters. The van der Waals surface area contributed by atoms with Crippen LogP contribution in [0.2, 0.25) is 0 Å². The average Bonchev–Trinajstić information content (AvgIpc) is 2.87. The standard InChI is InChI=1S/C14H23N3OS.2ClH/c1-14(2,3)12-11(19-9-16-12)13(18)17-7-5-6-10(8-17)15-4;;/h9-10,15H,5-8H2,1-4H3;2*1H. The highest BCUT2D eigenvalue weighted by molar-refractivity contribution is 7.11. The Bertz CT molecular complexity index is 459. The Balaban J connectivity index is 0.00000200. The van der Waals surface area contributed by atoms with E-state index in [1.165, 1.54) is 11.3 Å². The highest BCUT2D eigenvalue weighted by atomic mass is 35.5. The molecular formula is C14H25Cl2N3OS. The van der Waals surface area contributed by atoms with E-state index in [0.717, 1.165) is 36.5 Å². The van der Waals surface area contributed by atoms with Crippen LogP contribution in [0.4, 0.5) is 0 Å². The molecule has 1 saturated heterocycles. The number of likely N-dealkylation sites (N-methyl/N-ethyl adjacent to an activating group) is 1. The van der Waals surface area contributed by atoms with Gasteiger partial charge in [0, 0.05) is 24.5 Å². The molecule has 122 valence electrons. The number of carbonyl (C=O) groups excluding carboxylic acids is 1. The van der Waals surface area contributed by atoms with Crippen LogP contribution in [0.1, 0.15) is 49.0 Å². The van der Waals surface area contributed by atoms with Crippen molar-refractivity contribution in [2.24, 2.45) is 0 Å². The van der Waals surface area contributed by atoms with Gasteiger partial charge in [0.05, 0.1) is 11.2 Å². The van der Waals surface area contributed by atoms with Crippen molar-refractivity contribution in [2.45, 2.75) is 45.1 Å². The maximum Gasteiger partial charge on any atom is 0.265 e. The zero-order valence-electron chi connectivity index (χ0n) is 13.0. The van der Waals surface area contributed by atoms with Crippen LogP contribution in [-0.4, -0.2) is 42.0 Å². The molecule has 2 rings (SSSR count). The predicted molar refractivity (Wildman–Crippen MR) is 93.3 cm³/mol. The second kappa shape index (κ2) is 8.32. The topological polar surface area (TPSA) is 45.2 Å². The number of hydrogen-bond donors (Lipinski definition) is 1. The van der Waals surface area contributed by atoms with Crippen LogP contribution in [0.5, 0.6) is 0 Å². The summed E-state index contributed by atoms with van der Waals surface area (Å²) in [5.41, 5.74) is 2.63. The van der Waals surface area contributed by atoms with E-state index in [9.17, 15) is 4.79 Å². The zero-order valence-corrected chi connectivity index (χ0v) is 15.5. The van der Waals surface area contributed by atoms with E-state index < -0.39 is 0 Å². The van der Waals surface area contributed by atoms with Crippen molar-refractivity contribution in [3.05, 3.63) is 16.1 Å². The van der Waals surface area contributed by atoms with Gasteiger partial charge in [0.15, 0.2) is 0 Å². The number of aromatic nitrogens is 1. The van der Waals surface area contributed by atoms with Crippen LogP contribution < -0.4 is 5.32 Å². The maximum atomic E-state index is 12.7. The minimum Gasteiger partial charge on any atom is -0.336 e. The second-order valence-corrected chi connectivity index (χ2v) is 7.01. The predicted octanol–water partition coefficient (Wildman–Crippen LogP) is 3.11. The molecular weight excluding hydrogens is 329 g/mol. The van der Waals surface area contributed by atoms with Gasteiger partial charge in [-0.2, -0.15) is 0 Å². The van der Waals surface area contributed by atoms with E-state index in [-0.39, 0.29) is 36.1 Å². The molecule has 1 aromatic heterocycles. The van der Waals surface area contributed by atoms with Crippen molar-refractivity contribution in [1.82, 2.24) is 15.2 Å². The van der Waals surface area contributed by atoms with Gasteiger partial charge in [-0.05, 0) is 19.9 Å². The smallest absolute Gasteiger partial charge is 0.265 e. The molecule has 0 radical (unpaired) electrons. The summed E-state index contributed by atoms with van der Waals surface area (Å²) >= 11 is 1.46. The van der Waals surface area contributed by atoms with Gasteiger partial charge >= 0.3 is 0 Å². The fourth-order valence-corrected chi connectivity index (χ4v) is 3.44. The first-order chi connectivity index (χ1) is 8.93. The highest BCUT2D eigenvalue weighted by Gasteiger charge is 2.30. The third-order valence-corrected chi connectivity index (χ3v) is 4.40. The lowest BCUT2D eigenvalue weighted by Gasteiger charge is -2.32. The van der Waals surface area contributed by atoms with Crippen molar-refractivity contribution >= 4 is 42.1 Å². The fourth-order valence-electron chi connectivity index (χ4n) is 2.47. The first kappa shape index (κ1) is 20.6. The Labute approximate surface area is 143 Å². The van der Waals surface area contributed by atoms with E-state index >= 15 is 0 Å². The summed E-state index contributed by atoms with van der Waals surface area (Å²) in [5, 5.41) is 3.27. The van der Waals surface area contributed by atoms with Crippen LogP contribution in [0.25, 0.3) is 0 Å². The van der Waals surface area contributed by atoms with Crippen LogP contribution in [-0.2, 0) is 5.41 Å². The number of carbonyl (C=O) groups is 1. The normalized spacial score (nSPS) is 18.7. The number of rotatable bonds is 2. The van der Waals surface area contributed by atoms with Gasteiger partial charge in [-0.15, -0.1) is 36.2 Å². The summed E-state index contributed by atoms with van der Waals surface area (Å²) in [6, 6.07) is 0.420. The summed E-state index contributed by atoms with van der Waals surface area (Å²) < 4.78 is 0. The monoisotopic (exact) mass is 353 g/mol. The molecule has 0 aromatic carbocycles. The molecule has 0 bridgehead atoms. The van der Waals surface area contributed by atoms with Crippen LogP contribution >= 0.6 is 36.2 Å². The second-order valence-electron chi connectivity index (χ2n) is 6.16. The van der Waals surface area contributed by atoms with Crippen molar-refractivity contribution in [1.29, 1.82) is 0 Å². The number of piperidine rings is 1. The SMILES string of the molecule is CNC1CCCN(C(=O)c2scnc2C(C)(C)C)C1.Cl.Cl. The van der Waals surface area contributed by atoms with Gasteiger partial charge in [0.1, 0.15) is 4.88 Å². The van der Waals surface area contributed by atoms with Crippen molar-refractivity contribution < 1.29 is 4.79 Å². The molecule has 1 amide bonds. The number of hydrogen-bond acceptors (Lipinski definition) is 4. The Morgan fingerprint density at radius 1 is 1.43 bits per heavy atom. The van der Waals surface area contributed by atoms with Gasteiger partial charge in [-0.3, -0.25) is 4.79 Å². The number of likely N-dealkylation sites (tertiary alicyclic amines) is 1.